The van der Waals surface area contributed by atoms with Gasteiger partial charge in [0.1, 0.15) is 15.2 Å². The van der Waals surface area contributed by atoms with Crippen molar-refractivity contribution >= 4 is 27.3 Å². The molecular weight excluding hydrogens is 262 g/mol. The number of nitrogens with zero attached hydrogens (tertiary/aromatic N) is 4. The van der Waals surface area contributed by atoms with Gasteiger partial charge in [0, 0.05) is 0 Å². The summed E-state index contributed by atoms with van der Waals surface area (Å²) in [6, 6.07) is 4.65. The van der Waals surface area contributed by atoms with Crippen molar-refractivity contribution in [1.29, 1.82) is 5.26 Å². The van der Waals surface area contributed by atoms with Gasteiger partial charge in [-0.15, -0.1) is 16.4 Å². The first-order chi connectivity index (χ1) is 8.12. The number of thiophene rings is 1. The maximum absolute atomic E-state index is 11.8. The molecule has 2 rings (SSSR count). The molecule has 9 heteroatoms. The monoisotopic (exact) mass is 267 g/mol. The molecule has 0 saturated heterocycles. The Hall–Kier alpha value is -2.05. The van der Waals surface area contributed by atoms with Crippen LogP contribution in [0.25, 0.3) is 0 Å². The van der Waals surface area contributed by atoms with Gasteiger partial charge < -0.3 is 0 Å². The molecule has 0 aliphatic rings. The second kappa shape index (κ2) is 4.44. The Morgan fingerprint density at radius 2 is 2.18 bits per heavy atom. The Balaban J connectivity index is 2.29. The summed E-state index contributed by atoms with van der Waals surface area (Å²) in [6.45, 7) is 0. The molecule has 1 N–H and O–H groups in total. The van der Waals surface area contributed by atoms with Gasteiger partial charge in [-0.25, -0.2) is 18.1 Å². The van der Waals surface area contributed by atoms with E-state index in [4.69, 9.17) is 5.26 Å². The minimum absolute atomic E-state index is 0.0292. The molecule has 0 saturated carbocycles. The minimum Gasteiger partial charge on any atom is -0.245 e. The van der Waals surface area contributed by atoms with E-state index >= 15 is 0 Å². The topological polar surface area (TPSA) is 109 Å². The predicted octanol–water partition coefficient (Wildman–Crippen LogP) is 0.606. The molecule has 7 nitrogen and oxygen atoms in total. The van der Waals surface area contributed by atoms with Crippen LogP contribution in [0, 0.1) is 11.3 Å². The SMILES string of the molecule is N#Cc1ccc(S(=O)(=O)Nc2nccnn2)s1. The molecule has 0 spiro atoms. The lowest BCUT2D eigenvalue weighted by atomic mass is 10.5. The van der Waals surface area contributed by atoms with Crippen molar-refractivity contribution in [3.05, 3.63) is 29.4 Å². The van der Waals surface area contributed by atoms with Crippen LogP contribution in [0.4, 0.5) is 5.95 Å². The van der Waals surface area contributed by atoms with E-state index in [-0.39, 0.29) is 10.2 Å². The zero-order valence-corrected chi connectivity index (χ0v) is 9.86. The Kier molecular flexibility index (Phi) is 2.99. The number of nitriles is 1. The number of aromatic nitrogens is 3. The van der Waals surface area contributed by atoms with Crippen molar-refractivity contribution in [3.8, 4) is 6.07 Å². The molecule has 86 valence electrons. The van der Waals surface area contributed by atoms with E-state index in [9.17, 15) is 8.42 Å². The molecule has 0 fully saturated rings. The molecule has 0 aliphatic carbocycles. The molecule has 0 radical (unpaired) electrons. The van der Waals surface area contributed by atoms with Gasteiger partial charge in [-0.1, -0.05) is 0 Å². The van der Waals surface area contributed by atoms with Crippen LogP contribution >= 0.6 is 11.3 Å². The fourth-order valence-electron chi connectivity index (χ4n) is 0.989. The van der Waals surface area contributed by atoms with Gasteiger partial charge >= 0.3 is 0 Å². The fourth-order valence-corrected chi connectivity index (χ4v) is 3.04. The first kappa shape index (κ1) is 11.4. The number of sulfonamides is 1. The van der Waals surface area contributed by atoms with Gasteiger partial charge in [0.25, 0.3) is 16.0 Å². The standard InChI is InChI=1S/C8H5N5O2S2/c9-5-6-1-2-7(16-6)17(14,15)13-8-10-3-4-11-12-8/h1-4H,(H,10,12,13). The highest BCUT2D eigenvalue weighted by atomic mass is 32.2. The summed E-state index contributed by atoms with van der Waals surface area (Å²) in [5.41, 5.74) is 0. The van der Waals surface area contributed by atoms with Crippen LogP contribution in [0.15, 0.2) is 28.7 Å². The largest absolute Gasteiger partial charge is 0.273 e. The molecule has 0 unspecified atom stereocenters. The summed E-state index contributed by atoms with van der Waals surface area (Å²) in [5.74, 6) is -0.112. The number of anilines is 1. The van der Waals surface area contributed by atoms with Gasteiger partial charge in [-0.05, 0) is 12.1 Å². The quantitative estimate of drug-likeness (QED) is 0.872. The molecule has 0 amide bonds. The Labute approximate surface area is 101 Å². The van der Waals surface area contributed by atoms with E-state index in [1.54, 1.807) is 0 Å². The zero-order chi connectivity index (χ0) is 12.3. The highest BCUT2D eigenvalue weighted by Gasteiger charge is 2.18. The number of nitrogens with one attached hydrogen (secondary N) is 1. The molecule has 0 bridgehead atoms. The molecule has 2 aromatic heterocycles. The average molecular weight is 267 g/mol. The van der Waals surface area contributed by atoms with Crippen LogP contribution in [0.5, 0.6) is 0 Å². The molecule has 0 aliphatic heterocycles. The summed E-state index contributed by atoms with van der Waals surface area (Å²) in [4.78, 5) is 4.01. The van der Waals surface area contributed by atoms with E-state index in [1.165, 1.54) is 24.5 Å². The van der Waals surface area contributed by atoms with Crippen LogP contribution in [0.2, 0.25) is 0 Å². The lowest BCUT2D eigenvalue weighted by Crippen LogP contribution is -2.13. The minimum atomic E-state index is -3.75. The van der Waals surface area contributed by atoms with Gasteiger partial charge in [0.2, 0.25) is 0 Å². The zero-order valence-electron chi connectivity index (χ0n) is 8.23. The normalized spacial score (nSPS) is 10.8. The van der Waals surface area contributed by atoms with Crippen LogP contribution in [-0.4, -0.2) is 23.6 Å². The Bertz CT molecular complexity index is 659. The number of hydrogen-bond acceptors (Lipinski definition) is 7. The van der Waals surface area contributed by atoms with Gasteiger partial charge in [-0.2, -0.15) is 10.4 Å². The molecule has 2 heterocycles. The smallest absolute Gasteiger partial charge is 0.245 e. The number of rotatable bonds is 3. The maximum atomic E-state index is 11.8. The third-order valence-corrected chi connectivity index (χ3v) is 4.47. The number of hydrogen-bond donors (Lipinski definition) is 1. The van der Waals surface area contributed by atoms with Crippen LogP contribution in [-0.2, 0) is 10.0 Å². The van der Waals surface area contributed by atoms with Crippen molar-refractivity contribution in [2.24, 2.45) is 0 Å². The van der Waals surface area contributed by atoms with Crippen molar-refractivity contribution < 1.29 is 8.42 Å². The van der Waals surface area contributed by atoms with Crippen molar-refractivity contribution in [1.82, 2.24) is 15.2 Å². The first-order valence-electron chi connectivity index (χ1n) is 4.28. The van der Waals surface area contributed by atoms with Crippen molar-refractivity contribution in [2.45, 2.75) is 4.21 Å². The predicted molar refractivity (Wildman–Crippen MR) is 59.7 cm³/mol. The summed E-state index contributed by atoms with van der Waals surface area (Å²) in [5, 5.41) is 15.6. The van der Waals surface area contributed by atoms with Crippen LogP contribution in [0.1, 0.15) is 4.88 Å². The van der Waals surface area contributed by atoms with E-state index in [2.05, 4.69) is 19.9 Å². The summed E-state index contributed by atoms with van der Waals surface area (Å²) in [6.07, 6.45) is 2.65. The van der Waals surface area contributed by atoms with E-state index in [1.807, 2.05) is 6.07 Å². The second-order valence-corrected chi connectivity index (χ2v) is 5.80. The van der Waals surface area contributed by atoms with Gasteiger partial charge in [-0.3, -0.25) is 0 Å². The van der Waals surface area contributed by atoms with Crippen LogP contribution in [0.3, 0.4) is 0 Å². The molecule has 0 atom stereocenters. The summed E-state index contributed by atoms with van der Waals surface area (Å²) >= 11 is 0.872. The van der Waals surface area contributed by atoms with Gasteiger partial charge in [0.05, 0.1) is 12.4 Å². The molecule has 2 aromatic rings. The summed E-state index contributed by atoms with van der Waals surface area (Å²) in [7, 11) is -3.75. The highest BCUT2D eigenvalue weighted by Crippen LogP contribution is 2.22. The lowest BCUT2D eigenvalue weighted by Gasteiger charge is -2.02. The Morgan fingerprint density at radius 3 is 2.76 bits per heavy atom. The third kappa shape index (κ3) is 2.55. The highest BCUT2D eigenvalue weighted by molar-refractivity contribution is 7.94. The van der Waals surface area contributed by atoms with Crippen molar-refractivity contribution in [2.75, 3.05) is 4.72 Å². The molecular formula is C8H5N5O2S2. The average Bonchev–Trinajstić information content (AvgIpc) is 2.79. The van der Waals surface area contributed by atoms with Crippen molar-refractivity contribution in [3.63, 3.8) is 0 Å². The van der Waals surface area contributed by atoms with E-state index in [0.29, 0.717) is 4.88 Å². The maximum Gasteiger partial charge on any atom is 0.273 e. The van der Waals surface area contributed by atoms with E-state index in [0.717, 1.165) is 11.3 Å². The van der Waals surface area contributed by atoms with Gasteiger partial charge in [0.15, 0.2) is 0 Å². The summed E-state index contributed by atoms with van der Waals surface area (Å²) < 4.78 is 25.8. The van der Waals surface area contributed by atoms with E-state index < -0.39 is 10.0 Å². The fraction of sp³-hybridized carbons (Fsp3) is 0. The third-order valence-electron chi connectivity index (χ3n) is 1.66. The lowest BCUT2D eigenvalue weighted by molar-refractivity contribution is 0.602. The second-order valence-electron chi connectivity index (χ2n) is 2.80. The molecule has 0 aromatic carbocycles. The first-order valence-corrected chi connectivity index (χ1v) is 6.58. The Morgan fingerprint density at radius 1 is 1.35 bits per heavy atom. The van der Waals surface area contributed by atoms with Crippen LogP contribution < -0.4 is 4.72 Å². The molecule has 17 heavy (non-hydrogen) atoms.